The molecule has 2 fully saturated rings. The summed E-state index contributed by atoms with van der Waals surface area (Å²) >= 11 is 2.54. The molecular weight excluding hydrogens is 261 g/mol. The Bertz CT molecular complexity index is 175. The van der Waals surface area contributed by atoms with Crippen LogP contribution in [-0.4, -0.2) is 15.2 Å². The molecule has 1 heterocycles. The Balaban J connectivity index is 2.02. The lowest BCUT2D eigenvalue weighted by Gasteiger charge is -2.42. The summed E-state index contributed by atoms with van der Waals surface area (Å²) in [5, 5.41) is 0. The predicted octanol–water partition coefficient (Wildman–Crippen LogP) is 3.24. The Kier molecular flexibility index (Phi) is 2.41. The van der Waals surface area contributed by atoms with Gasteiger partial charge < -0.3 is 0 Å². The molecule has 70 valence electrons. The molecule has 0 N–H and O–H groups in total. The van der Waals surface area contributed by atoms with Crippen LogP contribution in [0.2, 0.25) is 0 Å². The van der Waals surface area contributed by atoms with E-state index >= 15 is 0 Å². The minimum Gasteiger partial charge on any atom is -0.241 e. The van der Waals surface area contributed by atoms with Crippen molar-refractivity contribution in [3.63, 3.8) is 0 Å². The molecule has 1 saturated carbocycles. The second-order valence-electron chi connectivity index (χ2n) is 4.83. The maximum atomic E-state index is 2.60. The molecule has 1 spiro atoms. The monoisotopic (exact) mass is 279 g/mol. The van der Waals surface area contributed by atoms with E-state index in [9.17, 15) is 0 Å². The Hall–Kier alpha value is 0.690. The zero-order valence-electron chi connectivity index (χ0n) is 8.02. The first-order valence-electron chi connectivity index (χ1n) is 5.07. The summed E-state index contributed by atoms with van der Waals surface area (Å²) in [7, 11) is 0. The van der Waals surface area contributed by atoms with Crippen molar-refractivity contribution >= 4 is 22.9 Å². The zero-order chi connectivity index (χ0) is 8.77. The number of hydrogen-bond donors (Lipinski definition) is 0. The largest absolute Gasteiger partial charge is 0.241 e. The minimum absolute atomic E-state index is 0.648. The summed E-state index contributed by atoms with van der Waals surface area (Å²) in [5.74, 6) is 1.84. The highest BCUT2D eigenvalue weighted by molar-refractivity contribution is 14.1. The van der Waals surface area contributed by atoms with Crippen LogP contribution >= 0.6 is 22.9 Å². The Morgan fingerprint density at radius 1 is 1.42 bits per heavy atom. The molecule has 1 nitrogen and oxygen atoms in total. The van der Waals surface area contributed by atoms with Gasteiger partial charge in [0.1, 0.15) is 0 Å². The highest BCUT2D eigenvalue weighted by Gasteiger charge is 2.48. The third-order valence-corrected chi connectivity index (χ3v) is 5.20. The molecule has 0 unspecified atom stereocenters. The molecule has 2 rings (SSSR count). The SMILES string of the molecule is CC(C)[C@@H]1CN(I)C2(CCC2)C1. The second kappa shape index (κ2) is 3.12. The fraction of sp³-hybridized carbons (Fsp3) is 1.00. The van der Waals surface area contributed by atoms with Gasteiger partial charge in [0.05, 0.1) is 0 Å². The van der Waals surface area contributed by atoms with E-state index in [4.69, 9.17) is 0 Å². The van der Waals surface area contributed by atoms with E-state index in [1.54, 1.807) is 0 Å². The normalized spacial score (nSPS) is 34.5. The van der Waals surface area contributed by atoms with Gasteiger partial charge in [-0.05, 0) is 37.5 Å². The molecule has 12 heavy (non-hydrogen) atoms. The molecule has 1 aliphatic heterocycles. The summed E-state index contributed by atoms with van der Waals surface area (Å²) in [4.78, 5) is 0. The quantitative estimate of drug-likeness (QED) is 0.526. The summed E-state index contributed by atoms with van der Waals surface area (Å²) in [6.07, 6.45) is 5.84. The molecule has 0 aromatic heterocycles. The first kappa shape index (κ1) is 9.25. The van der Waals surface area contributed by atoms with Crippen LogP contribution in [0.25, 0.3) is 0 Å². The van der Waals surface area contributed by atoms with Crippen molar-refractivity contribution in [3.8, 4) is 0 Å². The lowest BCUT2D eigenvalue weighted by Crippen LogP contribution is -2.43. The average molecular weight is 279 g/mol. The van der Waals surface area contributed by atoms with E-state index in [0.29, 0.717) is 5.54 Å². The molecule has 1 atom stereocenters. The van der Waals surface area contributed by atoms with Crippen molar-refractivity contribution in [2.45, 2.75) is 45.1 Å². The first-order chi connectivity index (χ1) is 5.64. The third-order valence-electron chi connectivity index (χ3n) is 3.78. The van der Waals surface area contributed by atoms with Crippen LogP contribution in [0.4, 0.5) is 0 Å². The Morgan fingerprint density at radius 3 is 2.33 bits per heavy atom. The highest BCUT2D eigenvalue weighted by atomic mass is 127. The average Bonchev–Trinajstić information content (AvgIpc) is 2.25. The molecule has 0 aromatic carbocycles. The van der Waals surface area contributed by atoms with E-state index < -0.39 is 0 Å². The molecule has 0 radical (unpaired) electrons. The van der Waals surface area contributed by atoms with Gasteiger partial charge in [0.15, 0.2) is 0 Å². The number of hydrogen-bond acceptors (Lipinski definition) is 1. The molecule has 2 aliphatic rings. The van der Waals surface area contributed by atoms with E-state index in [1.807, 2.05) is 0 Å². The molecule has 1 saturated heterocycles. The summed E-state index contributed by atoms with van der Waals surface area (Å²) < 4.78 is 2.60. The smallest absolute Gasteiger partial charge is 0.0308 e. The fourth-order valence-electron chi connectivity index (χ4n) is 2.53. The van der Waals surface area contributed by atoms with Crippen molar-refractivity contribution in [1.29, 1.82) is 0 Å². The number of rotatable bonds is 1. The van der Waals surface area contributed by atoms with Gasteiger partial charge in [0.2, 0.25) is 0 Å². The Morgan fingerprint density at radius 2 is 2.08 bits per heavy atom. The lowest BCUT2D eigenvalue weighted by molar-refractivity contribution is 0.150. The molecule has 0 aromatic rings. The topological polar surface area (TPSA) is 3.24 Å². The van der Waals surface area contributed by atoms with Gasteiger partial charge >= 0.3 is 0 Å². The van der Waals surface area contributed by atoms with Crippen molar-refractivity contribution in [1.82, 2.24) is 3.11 Å². The third kappa shape index (κ3) is 1.31. The lowest BCUT2D eigenvalue weighted by atomic mass is 9.73. The van der Waals surface area contributed by atoms with Crippen LogP contribution < -0.4 is 0 Å². The van der Waals surface area contributed by atoms with E-state index in [2.05, 4.69) is 39.8 Å². The van der Waals surface area contributed by atoms with E-state index in [-0.39, 0.29) is 0 Å². The number of nitrogens with zero attached hydrogens (tertiary/aromatic N) is 1. The van der Waals surface area contributed by atoms with Crippen LogP contribution in [0.5, 0.6) is 0 Å². The van der Waals surface area contributed by atoms with Gasteiger partial charge in [-0.15, -0.1) is 0 Å². The number of halogens is 1. The molecular formula is C10H18IN. The van der Waals surface area contributed by atoms with Crippen molar-refractivity contribution in [2.24, 2.45) is 11.8 Å². The summed E-state index contributed by atoms with van der Waals surface area (Å²) in [6, 6.07) is 0. The molecule has 1 aliphatic carbocycles. The first-order valence-corrected chi connectivity index (χ1v) is 6.04. The van der Waals surface area contributed by atoms with Gasteiger partial charge in [0, 0.05) is 34.9 Å². The second-order valence-corrected chi connectivity index (χ2v) is 6.00. The zero-order valence-corrected chi connectivity index (χ0v) is 10.2. The standard InChI is InChI=1S/C10H18IN/c1-8(2)9-6-10(4-3-5-10)12(11)7-9/h8-9H,3-7H2,1-2H3/t9-/m0/s1. The fourth-order valence-corrected chi connectivity index (χ4v) is 3.71. The maximum absolute atomic E-state index is 2.60. The summed E-state index contributed by atoms with van der Waals surface area (Å²) in [6.45, 7) is 6.07. The van der Waals surface area contributed by atoms with E-state index in [0.717, 1.165) is 11.8 Å². The minimum atomic E-state index is 0.648. The van der Waals surface area contributed by atoms with Crippen LogP contribution in [-0.2, 0) is 0 Å². The Labute approximate surface area is 89.4 Å². The van der Waals surface area contributed by atoms with Crippen LogP contribution in [0.3, 0.4) is 0 Å². The maximum Gasteiger partial charge on any atom is 0.0308 e. The highest BCUT2D eigenvalue weighted by Crippen LogP contribution is 2.50. The van der Waals surface area contributed by atoms with Gasteiger partial charge in [0.25, 0.3) is 0 Å². The predicted molar refractivity (Wildman–Crippen MR) is 60.3 cm³/mol. The van der Waals surface area contributed by atoms with Crippen LogP contribution in [0.1, 0.15) is 39.5 Å². The van der Waals surface area contributed by atoms with Crippen molar-refractivity contribution < 1.29 is 0 Å². The molecule has 0 amide bonds. The summed E-state index contributed by atoms with van der Waals surface area (Å²) in [5.41, 5.74) is 0.648. The van der Waals surface area contributed by atoms with Crippen molar-refractivity contribution in [3.05, 3.63) is 0 Å². The van der Waals surface area contributed by atoms with Crippen molar-refractivity contribution in [2.75, 3.05) is 6.54 Å². The van der Waals surface area contributed by atoms with Gasteiger partial charge in [-0.1, -0.05) is 13.8 Å². The van der Waals surface area contributed by atoms with Gasteiger partial charge in [-0.3, -0.25) is 0 Å². The van der Waals surface area contributed by atoms with Gasteiger partial charge in [-0.2, -0.15) is 0 Å². The van der Waals surface area contributed by atoms with Crippen LogP contribution in [0, 0.1) is 11.8 Å². The van der Waals surface area contributed by atoms with E-state index in [1.165, 1.54) is 32.2 Å². The molecule has 2 heteroatoms. The van der Waals surface area contributed by atoms with Gasteiger partial charge in [-0.25, -0.2) is 3.11 Å². The van der Waals surface area contributed by atoms with Crippen LogP contribution in [0.15, 0.2) is 0 Å². The molecule has 0 bridgehead atoms.